The number of amides is 2. The van der Waals surface area contributed by atoms with Gasteiger partial charge in [-0.25, -0.2) is 4.79 Å². The molecule has 4 heteroatoms. The second kappa shape index (κ2) is 4.30. The summed E-state index contributed by atoms with van der Waals surface area (Å²) in [6.45, 7) is 7.53. The molecule has 1 aliphatic heterocycles. The van der Waals surface area contributed by atoms with Crippen LogP contribution in [-0.2, 0) is 0 Å². The summed E-state index contributed by atoms with van der Waals surface area (Å²) in [6.07, 6.45) is 0. The lowest BCUT2D eigenvalue weighted by molar-refractivity contribution is 0.217. The predicted molar refractivity (Wildman–Crippen MR) is 48.1 cm³/mol. The first-order valence-electron chi connectivity index (χ1n) is 4.46. The number of nitrogens with one attached hydrogen (secondary N) is 2. The van der Waals surface area contributed by atoms with Crippen molar-refractivity contribution in [2.45, 2.75) is 19.9 Å². The molecule has 0 radical (unpaired) electrons. The van der Waals surface area contributed by atoms with Crippen LogP contribution in [0.1, 0.15) is 13.8 Å². The molecule has 0 atom stereocenters. The maximum Gasteiger partial charge on any atom is 0.317 e. The fraction of sp³-hybridized carbons (Fsp3) is 0.875. The lowest BCUT2D eigenvalue weighted by atomic mass is 10.4. The summed E-state index contributed by atoms with van der Waals surface area (Å²) in [6, 6.07) is 0.566. The molecule has 0 unspecified atom stereocenters. The maximum atomic E-state index is 11.0. The summed E-state index contributed by atoms with van der Waals surface area (Å²) in [5.41, 5.74) is 0. The quantitative estimate of drug-likeness (QED) is 0.626. The highest BCUT2D eigenvalue weighted by molar-refractivity contribution is 5.76. The molecule has 0 spiro atoms. The zero-order valence-electron chi connectivity index (χ0n) is 7.76. The van der Waals surface area contributed by atoms with Gasteiger partial charge in [-0.15, -0.1) is 0 Å². The van der Waals surface area contributed by atoms with Crippen LogP contribution < -0.4 is 10.6 Å². The Morgan fingerprint density at radius 1 is 1.67 bits per heavy atom. The van der Waals surface area contributed by atoms with Gasteiger partial charge in [0.1, 0.15) is 0 Å². The minimum atomic E-state index is 0.0700. The first-order valence-corrected chi connectivity index (χ1v) is 4.46. The zero-order chi connectivity index (χ0) is 8.97. The molecule has 1 rings (SSSR count). The number of nitrogens with zero attached hydrogens (tertiary/aromatic N) is 1. The van der Waals surface area contributed by atoms with Crippen molar-refractivity contribution in [2.24, 2.45) is 0 Å². The topological polar surface area (TPSA) is 44.4 Å². The minimum Gasteiger partial charge on any atom is -0.336 e. The van der Waals surface area contributed by atoms with Gasteiger partial charge < -0.3 is 15.5 Å². The van der Waals surface area contributed by atoms with Gasteiger partial charge in [0.05, 0.1) is 0 Å². The van der Waals surface area contributed by atoms with Crippen LogP contribution in [0.15, 0.2) is 0 Å². The highest BCUT2D eigenvalue weighted by Crippen LogP contribution is 1.94. The van der Waals surface area contributed by atoms with Crippen LogP contribution >= 0.6 is 0 Å². The van der Waals surface area contributed by atoms with Gasteiger partial charge in [0.15, 0.2) is 0 Å². The van der Waals surface area contributed by atoms with E-state index in [1.807, 2.05) is 4.90 Å². The van der Waals surface area contributed by atoms with Crippen molar-refractivity contribution in [3.8, 4) is 0 Å². The molecule has 1 saturated heterocycles. The fourth-order valence-electron chi connectivity index (χ4n) is 1.21. The van der Waals surface area contributed by atoms with Gasteiger partial charge in [0.2, 0.25) is 0 Å². The minimum absolute atomic E-state index is 0.0700. The second-order valence-electron chi connectivity index (χ2n) is 3.33. The van der Waals surface area contributed by atoms with Crippen LogP contribution in [0.5, 0.6) is 0 Å². The summed E-state index contributed by atoms with van der Waals surface area (Å²) < 4.78 is 0. The molecule has 0 aliphatic carbocycles. The first-order chi connectivity index (χ1) is 5.70. The molecular formula is C8H17N3O. The SMILES string of the molecule is CC(C)NCCN1CCNC1=O. The number of carbonyl (C=O) groups is 1. The van der Waals surface area contributed by atoms with E-state index in [0.717, 1.165) is 26.2 Å². The van der Waals surface area contributed by atoms with Gasteiger partial charge in [-0.05, 0) is 0 Å². The summed E-state index contributed by atoms with van der Waals surface area (Å²) in [5, 5.41) is 6.04. The van der Waals surface area contributed by atoms with E-state index in [1.54, 1.807) is 0 Å². The highest BCUT2D eigenvalue weighted by atomic mass is 16.2. The van der Waals surface area contributed by atoms with Gasteiger partial charge in [0, 0.05) is 32.2 Å². The fourth-order valence-corrected chi connectivity index (χ4v) is 1.21. The van der Waals surface area contributed by atoms with Crippen LogP contribution in [0.2, 0.25) is 0 Å². The molecule has 12 heavy (non-hydrogen) atoms. The maximum absolute atomic E-state index is 11.0. The number of hydrogen-bond donors (Lipinski definition) is 2. The van der Waals surface area contributed by atoms with E-state index in [-0.39, 0.29) is 6.03 Å². The van der Waals surface area contributed by atoms with Crippen LogP contribution in [-0.4, -0.2) is 43.2 Å². The van der Waals surface area contributed by atoms with Crippen molar-refractivity contribution >= 4 is 6.03 Å². The van der Waals surface area contributed by atoms with Crippen molar-refractivity contribution in [1.29, 1.82) is 0 Å². The largest absolute Gasteiger partial charge is 0.336 e. The van der Waals surface area contributed by atoms with E-state index in [0.29, 0.717) is 6.04 Å². The van der Waals surface area contributed by atoms with Crippen molar-refractivity contribution in [2.75, 3.05) is 26.2 Å². The number of urea groups is 1. The molecule has 0 aromatic rings. The third-order valence-corrected chi connectivity index (χ3v) is 1.88. The van der Waals surface area contributed by atoms with Crippen LogP contribution in [0.25, 0.3) is 0 Å². The van der Waals surface area contributed by atoms with Crippen LogP contribution in [0.3, 0.4) is 0 Å². The van der Waals surface area contributed by atoms with Gasteiger partial charge in [-0.1, -0.05) is 13.8 Å². The molecule has 1 heterocycles. The van der Waals surface area contributed by atoms with Crippen molar-refractivity contribution in [3.05, 3.63) is 0 Å². The smallest absolute Gasteiger partial charge is 0.317 e. The molecule has 1 aliphatic rings. The van der Waals surface area contributed by atoms with E-state index in [9.17, 15) is 4.79 Å². The molecule has 2 N–H and O–H groups in total. The van der Waals surface area contributed by atoms with Gasteiger partial charge in [0.25, 0.3) is 0 Å². The molecule has 2 amide bonds. The van der Waals surface area contributed by atoms with Crippen molar-refractivity contribution < 1.29 is 4.79 Å². The molecule has 0 bridgehead atoms. The average molecular weight is 171 g/mol. The Kier molecular flexibility index (Phi) is 3.34. The zero-order valence-corrected chi connectivity index (χ0v) is 7.76. The Bertz CT molecular complexity index is 158. The Labute approximate surface area is 73.3 Å². The van der Waals surface area contributed by atoms with Crippen molar-refractivity contribution in [3.63, 3.8) is 0 Å². The monoisotopic (exact) mass is 171 g/mol. The first kappa shape index (κ1) is 9.32. The van der Waals surface area contributed by atoms with E-state index in [4.69, 9.17) is 0 Å². The van der Waals surface area contributed by atoms with E-state index < -0.39 is 0 Å². The molecular weight excluding hydrogens is 154 g/mol. The average Bonchev–Trinajstić information content (AvgIpc) is 2.36. The van der Waals surface area contributed by atoms with Crippen LogP contribution in [0, 0.1) is 0 Å². The predicted octanol–water partition coefficient (Wildman–Crippen LogP) is 0.00960. The normalized spacial score (nSPS) is 17.2. The standard InChI is InChI=1S/C8H17N3O/c1-7(2)9-3-5-11-6-4-10-8(11)12/h7,9H,3-6H2,1-2H3,(H,10,12). The molecule has 4 nitrogen and oxygen atoms in total. The van der Waals surface area contributed by atoms with E-state index >= 15 is 0 Å². The molecule has 1 fully saturated rings. The molecule has 0 aromatic carbocycles. The van der Waals surface area contributed by atoms with E-state index in [2.05, 4.69) is 24.5 Å². The third kappa shape index (κ3) is 2.70. The number of rotatable bonds is 4. The summed E-state index contributed by atoms with van der Waals surface area (Å²) >= 11 is 0. The number of hydrogen-bond acceptors (Lipinski definition) is 2. The van der Waals surface area contributed by atoms with Gasteiger partial charge in [-0.3, -0.25) is 0 Å². The summed E-state index contributed by atoms with van der Waals surface area (Å²) in [7, 11) is 0. The summed E-state index contributed by atoms with van der Waals surface area (Å²) in [5.74, 6) is 0. The molecule has 0 aromatic heterocycles. The third-order valence-electron chi connectivity index (χ3n) is 1.88. The second-order valence-corrected chi connectivity index (χ2v) is 3.33. The summed E-state index contributed by atoms with van der Waals surface area (Å²) in [4.78, 5) is 12.9. The Morgan fingerprint density at radius 3 is 2.92 bits per heavy atom. The highest BCUT2D eigenvalue weighted by Gasteiger charge is 2.17. The van der Waals surface area contributed by atoms with Gasteiger partial charge in [-0.2, -0.15) is 0 Å². The Hall–Kier alpha value is -0.770. The van der Waals surface area contributed by atoms with Crippen molar-refractivity contribution in [1.82, 2.24) is 15.5 Å². The Balaban J connectivity index is 2.10. The lowest BCUT2D eigenvalue weighted by Crippen LogP contribution is -2.36. The lowest BCUT2D eigenvalue weighted by Gasteiger charge is -2.15. The van der Waals surface area contributed by atoms with Crippen LogP contribution in [0.4, 0.5) is 4.79 Å². The molecule has 70 valence electrons. The Morgan fingerprint density at radius 2 is 2.42 bits per heavy atom. The van der Waals surface area contributed by atoms with Gasteiger partial charge >= 0.3 is 6.03 Å². The van der Waals surface area contributed by atoms with E-state index in [1.165, 1.54) is 0 Å². The molecule has 0 saturated carbocycles. The number of carbonyl (C=O) groups excluding carboxylic acids is 1.